The van der Waals surface area contributed by atoms with Crippen LogP contribution in [0.15, 0.2) is 41.0 Å². The van der Waals surface area contributed by atoms with Crippen molar-refractivity contribution in [2.45, 2.75) is 5.51 Å². The molecule has 0 fully saturated rings. The van der Waals surface area contributed by atoms with Gasteiger partial charge >= 0.3 is 26.7 Å². The molecule has 1 aromatic carbocycles. The SMILES string of the molecule is C=C[I+]c1ccccc1.O=S(=O)([O-])C(F)(F)F. The minimum absolute atomic E-state index is 0.0938. The average molecular weight is 380 g/mol. The van der Waals surface area contributed by atoms with Crippen LogP contribution in [0.1, 0.15) is 0 Å². The fraction of sp³-hybridized carbons (Fsp3) is 0.111. The minimum Gasteiger partial charge on any atom is -0.741 e. The van der Waals surface area contributed by atoms with Crippen LogP contribution in [0.4, 0.5) is 13.2 Å². The second-order valence-corrected chi connectivity index (χ2v) is 6.58. The topological polar surface area (TPSA) is 57.2 Å². The van der Waals surface area contributed by atoms with E-state index >= 15 is 0 Å². The molecule has 0 amide bonds. The Morgan fingerprint density at radius 2 is 1.65 bits per heavy atom. The second-order valence-electron chi connectivity index (χ2n) is 2.46. The highest BCUT2D eigenvalue weighted by Crippen LogP contribution is 2.20. The summed E-state index contributed by atoms with van der Waals surface area (Å²) in [6, 6.07) is 10.5. The maximum absolute atomic E-state index is 10.7. The summed E-state index contributed by atoms with van der Waals surface area (Å²) in [5.74, 6) is 0. The van der Waals surface area contributed by atoms with Crippen LogP contribution in [0.5, 0.6) is 0 Å². The van der Waals surface area contributed by atoms with E-state index in [1.807, 2.05) is 10.1 Å². The van der Waals surface area contributed by atoms with Gasteiger partial charge in [0.2, 0.25) is 0 Å². The smallest absolute Gasteiger partial charge is 0.485 e. The molecule has 0 aliphatic rings. The quantitative estimate of drug-likeness (QED) is 0.381. The Kier molecular flexibility index (Phi) is 6.72. The van der Waals surface area contributed by atoms with E-state index in [9.17, 15) is 13.2 Å². The second kappa shape index (κ2) is 6.97. The fourth-order valence-electron chi connectivity index (χ4n) is 0.576. The van der Waals surface area contributed by atoms with E-state index < -0.39 is 15.6 Å². The number of hydrogen-bond acceptors (Lipinski definition) is 3. The van der Waals surface area contributed by atoms with Crippen LogP contribution in [-0.4, -0.2) is 18.5 Å². The van der Waals surface area contributed by atoms with Crippen molar-refractivity contribution in [3.63, 3.8) is 0 Å². The molecular weight excluding hydrogens is 372 g/mol. The van der Waals surface area contributed by atoms with Crippen LogP contribution in [0.25, 0.3) is 0 Å². The third kappa shape index (κ3) is 7.34. The Labute approximate surface area is 107 Å². The Morgan fingerprint density at radius 3 is 1.94 bits per heavy atom. The summed E-state index contributed by atoms with van der Waals surface area (Å²) < 4.78 is 62.4. The monoisotopic (exact) mass is 380 g/mol. The van der Waals surface area contributed by atoms with Crippen LogP contribution in [0.3, 0.4) is 0 Å². The van der Waals surface area contributed by atoms with Gasteiger partial charge in [0, 0.05) is 0 Å². The molecule has 0 spiro atoms. The molecule has 0 saturated heterocycles. The third-order valence-corrected chi connectivity index (χ3v) is 3.67. The third-order valence-electron chi connectivity index (χ3n) is 1.22. The lowest BCUT2D eigenvalue weighted by molar-refractivity contribution is -0.556. The molecule has 3 nitrogen and oxygen atoms in total. The van der Waals surface area contributed by atoms with E-state index in [1.165, 1.54) is 3.57 Å². The van der Waals surface area contributed by atoms with Crippen LogP contribution in [0, 0.1) is 3.57 Å². The molecule has 0 atom stereocenters. The normalized spacial score (nSPS) is 11.3. The summed E-state index contributed by atoms with van der Waals surface area (Å²) in [5, 5.41) is 0. The molecule has 0 saturated carbocycles. The highest BCUT2D eigenvalue weighted by molar-refractivity contribution is 7.86. The molecule has 8 heteroatoms. The fourth-order valence-corrected chi connectivity index (χ4v) is 1.92. The molecule has 17 heavy (non-hydrogen) atoms. The first kappa shape index (κ1) is 16.4. The van der Waals surface area contributed by atoms with Crippen molar-refractivity contribution in [3.05, 3.63) is 44.6 Å². The maximum Gasteiger partial charge on any atom is 0.485 e. The van der Waals surface area contributed by atoms with Gasteiger partial charge in [-0.1, -0.05) is 24.8 Å². The lowest BCUT2D eigenvalue weighted by Crippen LogP contribution is -3.58. The summed E-state index contributed by atoms with van der Waals surface area (Å²) >= 11 is 0.0938. The molecule has 0 N–H and O–H groups in total. The van der Waals surface area contributed by atoms with Gasteiger partial charge in [-0.15, -0.1) is 0 Å². The maximum atomic E-state index is 10.7. The van der Waals surface area contributed by atoms with Crippen LogP contribution in [0.2, 0.25) is 0 Å². The zero-order valence-corrected chi connectivity index (χ0v) is 11.3. The molecule has 96 valence electrons. The Balaban J connectivity index is 0.000000304. The molecule has 0 bridgehead atoms. The van der Waals surface area contributed by atoms with E-state index in [-0.39, 0.29) is 21.2 Å². The van der Waals surface area contributed by atoms with Crippen molar-refractivity contribution >= 4 is 10.1 Å². The predicted octanol–water partition coefficient (Wildman–Crippen LogP) is -0.860. The van der Waals surface area contributed by atoms with Gasteiger partial charge < -0.3 is 4.55 Å². The highest BCUT2D eigenvalue weighted by Gasteiger charge is 2.36. The van der Waals surface area contributed by atoms with E-state index in [1.54, 1.807) is 0 Å². The molecule has 0 unspecified atom stereocenters. The average Bonchev–Trinajstić information content (AvgIpc) is 2.17. The lowest BCUT2D eigenvalue weighted by atomic mass is 10.4. The van der Waals surface area contributed by atoms with Gasteiger partial charge in [0.05, 0.1) is 0 Å². The summed E-state index contributed by atoms with van der Waals surface area (Å²) in [6.07, 6.45) is 0. The molecule has 0 heterocycles. The molecule has 1 rings (SSSR count). The van der Waals surface area contributed by atoms with Gasteiger partial charge in [0.1, 0.15) is 0 Å². The minimum atomic E-state index is -6.09. The molecule has 0 aromatic heterocycles. The van der Waals surface area contributed by atoms with Gasteiger partial charge in [-0.05, 0) is 12.1 Å². The van der Waals surface area contributed by atoms with Crippen LogP contribution >= 0.6 is 0 Å². The van der Waals surface area contributed by atoms with E-state index in [0.29, 0.717) is 0 Å². The van der Waals surface area contributed by atoms with Gasteiger partial charge in [0.25, 0.3) is 0 Å². The van der Waals surface area contributed by atoms with Crippen molar-refractivity contribution in [3.8, 4) is 0 Å². The molecule has 0 aliphatic heterocycles. The summed E-state index contributed by atoms with van der Waals surface area (Å²) in [6.45, 7) is 3.70. The first-order valence-electron chi connectivity index (χ1n) is 4.00. The van der Waals surface area contributed by atoms with Crippen molar-refractivity contribution in [2.75, 3.05) is 0 Å². The summed E-state index contributed by atoms with van der Waals surface area (Å²) in [4.78, 5) is 0. The number of alkyl halides is 3. The largest absolute Gasteiger partial charge is 0.741 e. The molecule has 0 aliphatic carbocycles. The Hall–Kier alpha value is -0.610. The first-order valence-corrected chi connectivity index (χ1v) is 7.73. The van der Waals surface area contributed by atoms with Gasteiger partial charge in [-0.2, -0.15) is 13.2 Å². The number of hydrogen-bond donors (Lipinski definition) is 0. The first-order chi connectivity index (χ1) is 7.68. The van der Waals surface area contributed by atoms with Gasteiger partial charge in [0.15, 0.2) is 17.8 Å². The van der Waals surface area contributed by atoms with E-state index in [2.05, 4.69) is 30.8 Å². The Bertz CT molecular complexity index is 442. The van der Waals surface area contributed by atoms with Crippen molar-refractivity contribution in [2.24, 2.45) is 0 Å². The van der Waals surface area contributed by atoms with Gasteiger partial charge in [-0.3, -0.25) is 0 Å². The predicted molar refractivity (Wildman–Crippen MR) is 51.1 cm³/mol. The lowest BCUT2D eigenvalue weighted by Gasteiger charge is -2.08. The zero-order chi connectivity index (χ0) is 13.5. The summed E-state index contributed by atoms with van der Waals surface area (Å²) in [5.41, 5.74) is -5.65. The van der Waals surface area contributed by atoms with Gasteiger partial charge in [-0.25, -0.2) is 8.42 Å². The number of halogens is 4. The highest BCUT2D eigenvalue weighted by atomic mass is 127. The summed E-state index contributed by atoms with van der Waals surface area (Å²) in [7, 11) is -6.09. The van der Waals surface area contributed by atoms with Crippen molar-refractivity contribution < 1.29 is 47.3 Å². The molecular formula is C9H8F3IO3S. The number of benzene rings is 1. The standard InChI is InChI=1S/C8H8I.CHF3O3S/c1-2-9-8-6-4-3-5-7-8;2-1(3,4)8(5,6)7/h2-7H,1H2;(H,5,6,7)/q+1;/p-1. The molecule has 1 aromatic rings. The Morgan fingerprint density at radius 1 is 1.24 bits per heavy atom. The zero-order valence-electron chi connectivity index (χ0n) is 8.32. The van der Waals surface area contributed by atoms with Crippen molar-refractivity contribution in [1.29, 1.82) is 0 Å². The van der Waals surface area contributed by atoms with E-state index in [0.717, 1.165) is 0 Å². The van der Waals surface area contributed by atoms with Crippen molar-refractivity contribution in [1.82, 2.24) is 0 Å². The van der Waals surface area contributed by atoms with E-state index in [4.69, 9.17) is 13.0 Å². The molecule has 0 radical (unpaired) electrons. The number of rotatable bonds is 2. The van der Waals surface area contributed by atoms with Crippen LogP contribution < -0.4 is 21.2 Å². The van der Waals surface area contributed by atoms with Crippen LogP contribution in [-0.2, 0) is 10.1 Å².